The van der Waals surface area contributed by atoms with Gasteiger partial charge in [0.15, 0.2) is 5.96 Å². The molecular formula is C19H27ClFN5O. The van der Waals surface area contributed by atoms with Crippen LogP contribution in [0, 0.1) is 5.82 Å². The fraction of sp³-hybridized carbons (Fsp3) is 0.579. The van der Waals surface area contributed by atoms with Crippen LogP contribution < -0.4 is 10.6 Å². The molecule has 3 rings (SSSR count). The van der Waals surface area contributed by atoms with Gasteiger partial charge in [-0.3, -0.25) is 9.69 Å². The third kappa shape index (κ3) is 5.11. The zero-order chi connectivity index (χ0) is 19.6. The molecule has 1 saturated carbocycles. The third-order valence-corrected chi connectivity index (χ3v) is 5.35. The number of likely N-dealkylation sites (tertiary alicyclic amines) is 1. The normalized spacial score (nSPS) is 23.4. The summed E-state index contributed by atoms with van der Waals surface area (Å²) < 4.78 is 14.0. The van der Waals surface area contributed by atoms with Crippen molar-refractivity contribution in [3.63, 3.8) is 0 Å². The quantitative estimate of drug-likeness (QED) is 0.591. The number of likely N-dealkylation sites (N-methyl/N-ethyl adjacent to an activating group) is 2. The number of hydrogen-bond donors (Lipinski definition) is 2. The SMILES string of the molecule is CN(C)C(=O)CN=C(NC1CC1)NC1CCN(C)C1c1ccc(Cl)c(F)c1. The highest BCUT2D eigenvalue weighted by molar-refractivity contribution is 6.30. The van der Waals surface area contributed by atoms with Gasteiger partial charge >= 0.3 is 0 Å². The second kappa shape index (κ2) is 8.44. The summed E-state index contributed by atoms with van der Waals surface area (Å²) >= 11 is 5.84. The van der Waals surface area contributed by atoms with E-state index < -0.39 is 5.82 Å². The van der Waals surface area contributed by atoms with Crippen molar-refractivity contribution in [2.24, 2.45) is 4.99 Å². The summed E-state index contributed by atoms with van der Waals surface area (Å²) in [6.07, 6.45) is 3.12. The van der Waals surface area contributed by atoms with Gasteiger partial charge in [-0.1, -0.05) is 17.7 Å². The molecule has 1 aromatic carbocycles. The molecule has 2 aliphatic rings. The van der Waals surface area contributed by atoms with Crippen molar-refractivity contribution in [2.75, 3.05) is 34.2 Å². The lowest BCUT2D eigenvalue weighted by Crippen LogP contribution is -2.46. The van der Waals surface area contributed by atoms with E-state index >= 15 is 0 Å². The Labute approximate surface area is 164 Å². The van der Waals surface area contributed by atoms with Gasteiger partial charge < -0.3 is 15.5 Å². The molecule has 1 amide bonds. The number of nitrogens with one attached hydrogen (secondary N) is 2. The zero-order valence-corrected chi connectivity index (χ0v) is 16.8. The minimum absolute atomic E-state index is 0.00696. The van der Waals surface area contributed by atoms with Crippen LogP contribution in [-0.2, 0) is 4.79 Å². The van der Waals surface area contributed by atoms with Gasteiger partial charge in [-0.25, -0.2) is 9.38 Å². The molecule has 1 saturated heterocycles. The van der Waals surface area contributed by atoms with Crippen LogP contribution >= 0.6 is 11.6 Å². The van der Waals surface area contributed by atoms with Crippen molar-refractivity contribution >= 4 is 23.5 Å². The molecule has 1 aliphatic heterocycles. The Morgan fingerprint density at radius 2 is 2.07 bits per heavy atom. The number of carbonyl (C=O) groups is 1. The lowest BCUT2D eigenvalue weighted by molar-refractivity contribution is -0.127. The van der Waals surface area contributed by atoms with Gasteiger partial charge in [-0.15, -0.1) is 0 Å². The molecule has 2 fully saturated rings. The molecule has 1 aromatic rings. The molecule has 6 nitrogen and oxygen atoms in total. The Bertz CT molecular complexity index is 722. The fourth-order valence-electron chi connectivity index (χ4n) is 3.30. The number of nitrogens with zero attached hydrogens (tertiary/aromatic N) is 3. The number of rotatable bonds is 5. The first-order chi connectivity index (χ1) is 12.8. The van der Waals surface area contributed by atoms with Gasteiger partial charge in [0.1, 0.15) is 12.4 Å². The summed E-state index contributed by atoms with van der Waals surface area (Å²) in [7, 11) is 5.46. The predicted molar refractivity (Wildman–Crippen MR) is 105 cm³/mol. The van der Waals surface area contributed by atoms with Crippen LogP contribution in [0.4, 0.5) is 4.39 Å². The average molecular weight is 396 g/mol. The number of amides is 1. The number of halogens is 2. The summed E-state index contributed by atoms with van der Waals surface area (Å²) in [4.78, 5) is 20.1. The molecular weight excluding hydrogens is 369 g/mol. The van der Waals surface area contributed by atoms with Gasteiger partial charge in [0, 0.05) is 32.7 Å². The van der Waals surface area contributed by atoms with Gasteiger partial charge in [0.05, 0.1) is 11.1 Å². The highest BCUT2D eigenvalue weighted by Gasteiger charge is 2.35. The van der Waals surface area contributed by atoms with E-state index in [1.165, 1.54) is 11.0 Å². The van der Waals surface area contributed by atoms with Gasteiger partial charge in [-0.05, 0) is 44.0 Å². The minimum atomic E-state index is -0.408. The van der Waals surface area contributed by atoms with E-state index in [1.54, 1.807) is 20.2 Å². The lowest BCUT2D eigenvalue weighted by atomic mass is 10.00. The fourth-order valence-corrected chi connectivity index (χ4v) is 3.42. The van der Waals surface area contributed by atoms with Gasteiger partial charge in [0.25, 0.3) is 0 Å². The Kier molecular flexibility index (Phi) is 6.22. The standard InChI is InChI=1S/C19H27ClFN5O/c1-25(2)17(27)11-22-19(23-13-5-6-13)24-16-8-9-26(3)18(16)12-4-7-14(20)15(21)10-12/h4,7,10,13,16,18H,5-6,8-9,11H2,1-3H3,(H2,22,23,24). The first kappa shape index (κ1) is 19.9. The Morgan fingerprint density at radius 1 is 1.33 bits per heavy atom. The Hall–Kier alpha value is -1.86. The van der Waals surface area contributed by atoms with Crippen LogP contribution in [-0.4, -0.2) is 68.0 Å². The number of benzene rings is 1. The summed E-state index contributed by atoms with van der Waals surface area (Å²) in [5.74, 6) is 0.189. The Morgan fingerprint density at radius 3 is 2.70 bits per heavy atom. The molecule has 0 aromatic heterocycles. The smallest absolute Gasteiger partial charge is 0.243 e. The van der Waals surface area contributed by atoms with E-state index in [-0.39, 0.29) is 29.6 Å². The monoisotopic (exact) mass is 395 g/mol. The molecule has 27 heavy (non-hydrogen) atoms. The predicted octanol–water partition coefficient (Wildman–Crippen LogP) is 2.01. The van der Waals surface area contributed by atoms with E-state index in [0.717, 1.165) is 31.4 Å². The minimum Gasteiger partial charge on any atom is -0.354 e. The lowest BCUT2D eigenvalue weighted by Gasteiger charge is -2.27. The molecule has 2 atom stereocenters. The first-order valence-corrected chi connectivity index (χ1v) is 9.66. The van der Waals surface area contributed by atoms with E-state index in [2.05, 4.69) is 20.5 Å². The van der Waals surface area contributed by atoms with Gasteiger partial charge in [-0.2, -0.15) is 0 Å². The summed E-state index contributed by atoms with van der Waals surface area (Å²) in [5, 5.41) is 6.97. The highest BCUT2D eigenvalue weighted by Crippen LogP contribution is 2.32. The molecule has 2 N–H and O–H groups in total. The average Bonchev–Trinajstić information content (AvgIpc) is 3.37. The van der Waals surface area contributed by atoms with Crippen molar-refractivity contribution in [1.82, 2.24) is 20.4 Å². The van der Waals surface area contributed by atoms with Gasteiger partial charge in [0.2, 0.25) is 5.91 Å². The molecule has 148 valence electrons. The maximum absolute atomic E-state index is 14.0. The van der Waals surface area contributed by atoms with E-state index in [1.807, 2.05) is 13.1 Å². The first-order valence-electron chi connectivity index (χ1n) is 9.28. The number of guanidine groups is 1. The third-order valence-electron chi connectivity index (χ3n) is 5.05. The molecule has 0 radical (unpaired) electrons. The second-order valence-electron chi connectivity index (χ2n) is 7.51. The summed E-state index contributed by atoms with van der Waals surface area (Å²) in [6.45, 7) is 0.984. The maximum Gasteiger partial charge on any atom is 0.243 e. The molecule has 1 heterocycles. The number of carbonyl (C=O) groups excluding carboxylic acids is 1. The Balaban J connectivity index is 1.75. The van der Waals surface area contributed by atoms with Crippen molar-refractivity contribution in [3.8, 4) is 0 Å². The molecule has 2 unspecified atom stereocenters. The van der Waals surface area contributed by atoms with Crippen LogP contribution in [0.15, 0.2) is 23.2 Å². The van der Waals surface area contributed by atoms with E-state index in [0.29, 0.717) is 12.0 Å². The largest absolute Gasteiger partial charge is 0.354 e. The van der Waals surface area contributed by atoms with E-state index in [9.17, 15) is 9.18 Å². The summed E-state index contributed by atoms with van der Waals surface area (Å²) in [5.41, 5.74) is 0.879. The van der Waals surface area contributed by atoms with Crippen molar-refractivity contribution in [1.29, 1.82) is 0 Å². The maximum atomic E-state index is 14.0. The van der Waals surface area contributed by atoms with Crippen LogP contribution in [0.1, 0.15) is 30.9 Å². The van der Waals surface area contributed by atoms with Crippen molar-refractivity contribution < 1.29 is 9.18 Å². The zero-order valence-electron chi connectivity index (χ0n) is 16.0. The van der Waals surface area contributed by atoms with E-state index in [4.69, 9.17) is 11.6 Å². The van der Waals surface area contributed by atoms with Crippen LogP contribution in [0.5, 0.6) is 0 Å². The topological polar surface area (TPSA) is 60.0 Å². The van der Waals surface area contributed by atoms with Crippen molar-refractivity contribution in [3.05, 3.63) is 34.6 Å². The van der Waals surface area contributed by atoms with Crippen LogP contribution in [0.2, 0.25) is 5.02 Å². The van der Waals surface area contributed by atoms with Crippen LogP contribution in [0.3, 0.4) is 0 Å². The molecule has 0 bridgehead atoms. The highest BCUT2D eigenvalue weighted by atomic mass is 35.5. The summed E-state index contributed by atoms with van der Waals surface area (Å²) in [6, 6.07) is 5.46. The second-order valence-corrected chi connectivity index (χ2v) is 7.92. The molecule has 1 aliphatic carbocycles. The number of hydrogen-bond acceptors (Lipinski definition) is 3. The molecule has 0 spiro atoms. The number of aliphatic imine (C=N–C) groups is 1. The van der Waals surface area contributed by atoms with Crippen LogP contribution in [0.25, 0.3) is 0 Å². The molecule has 8 heteroatoms. The van der Waals surface area contributed by atoms with Crippen molar-refractivity contribution in [2.45, 2.75) is 37.4 Å².